The minimum Gasteiger partial charge on any atom is -0.330 e. The molecule has 13 heavy (non-hydrogen) atoms. The summed E-state index contributed by atoms with van der Waals surface area (Å²) < 4.78 is 0. The number of hydrogen-bond donors (Lipinski definition) is 2. The van der Waals surface area contributed by atoms with Gasteiger partial charge in [0, 0.05) is 11.1 Å². The summed E-state index contributed by atoms with van der Waals surface area (Å²) in [6, 6.07) is 0. The molecule has 0 aromatic carbocycles. The molecule has 0 aromatic heterocycles. The average Bonchev–Trinajstić information content (AvgIpc) is 1.97. The van der Waals surface area contributed by atoms with Gasteiger partial charge >= 0.3 is 0 Å². The molecule has 0 unspecified atom stereocenters. The van der Waals surface area contributed by atoms with Gasteiger partial charge in [0.25, 0.3) is 0 Å². The summed E-state index contributed by atoms with van der Waals surface area (Å²) in [5.74, 6) is 0. The van der Waals surface area contributed by atoms with Gasteiger partial charge in [-0.3, -0.25) is 4.90 Å². The second-order valence-corrected chi connectivity index (χ2v) is 4.84. The van der Waals surface area contributed by atoms with Crippen molar-refractivity contribution in [3.63, 3.8) is 0 Å². The van der Waals surface area contributed by atoms with Gasteiger partial charge in [-0.15, -0.1) is 0 Å². The van der Waals surface area contributed by atoms with Crippen molar-refractivity contribution in [1.29, 1.82) is 0 Å². The van der Waals surface area contributed by atoms with E-state index in [0.29, 0.717) is 0 Å². The Morgan fingerprint density at radius 1 is 1.15 bits per heavy atom. The summed E-state index contributed by atoms with van der Waals surface area (Å²) in [6.45, 7) is 10.2. The third kappa shape index (κ3) is 3.25. The van der Waals surface area contributed by atoms with Gasteiger partial charge in [-0.25, -0.2) is 0 Å². The molecule has 0 rings (SSSR count). The van der Waals surface area contributed by atoms with Gasteiger partial charge in [-0.05, 0) is 54.3 Å². The SMILES string of the molecule is CN(CCCN)C(C)(C)C(C)(C)N. The molecule has 0 saturated carbocycles. The summed E-state index contributed by atoms with van der Waals surface area (Å²) in [7, 11) is 2.10. The van der Waals surface area contributed by atoms with Crippen LogP contribution in [0.5, 0.6) is 0 Å². The Bertz CT molecular complexity index is 147. The Hall–Kier alpha value is -0.120. The van der Waals surface area contributed by atoms with Crippen LogP contribution in [0.1, 0.15) is 34.1 Å². The lowest BCUT2D eigenvalue weighted by Crippen LogP contribution is -2.61. The molecule has 0 aromatic rings. The fraction of sp³-hybridized carbons (Fsp3) is 1.00. The summed E-state index contributed by atoms with van der Waals surface area (Å²) >= 11 is 0. The Morgan fingerprint density at radius 2 is 1.62 bits per heavy atom. The molecule has 0 bridgehead atoms. The van der Waals surface area contributed by atoms with E-state index in [4.69, 9.17) is 11.5 Å². The van der Waals surface area contributed by atoms with E-state index >= 15 is 0 Å². The minimum atomic E-state index is -0.198. The number of hydrogen-bond acceptors (Lipinski definition) is 3. The molecule has 0 heterocycles. The van der Waals surface area contributed by atoms with Crippen LogP contribution in [0.2, 0.25) is 0 Å². The standard InChI is InChI=1S/C10H25N3/c1-9(2,12)10(3,4)13(5)8-6-7-11/h6-8,11-12H2,1-5H3. The summed E-state index contributed by atoms with van der Waals surface area (Å²) in [5.41, 5.74) is 11.4. The van der Waals surface area contributed by atoms with Crippen molar-refractivity contribution in [1.82, 2.24) is 4.90 Å². The molecule has 0 spiro atoms. The second-order valence-electron chi connectivity index (χ2n) is 4.84. The van der Waals surface area contributed by atoms with Gasteiger partial charge in [0.05, 0.1) is 0 Å². The van der Waals surface area contributed by atoms with Crippen molar-refractivity contribution in [2.24, 2.45) is 11.5 Å². The highest BCUT2D eigenvalue weighted by molar-refractivity contribution is 4.97. The Morgan fingerprint density at radius 3 is 1.92 bits per heavy atom. The topological polar surface area (TPSA) is 55.3 Å². The molecule has 80 valence electrons. The van der Waals surface area contributed by atoms with Gasteiger partial charge in [0.15, 0.2) is 0 Å². The molecule has 0 aliphatic heterocycles. The third-order valence-corrected chi connectivity index (χ3v) is 3.23. The number of nitrogens with zero attached hydrogens (tertiary/aromatic N) is 1. The fourth-order valence-electron chi connectivity index (χ4n) is 1.10. The second kappa shape index (κ2) is 4.40. The van der Waals surface area contributed by atoms with Crippen molar-refractivity contribution >= 4 is 0 Å². The predicted molar refractivity (Wildman–Crippen MR) is 58.6 cm³/mol. The third-order valence-electron chi connectivity index (χ3n) is 3.23. The zero-order valence-corrected chi connectivity index (χ0v) is 9.72. The van der Waals surface area contributed by atoms with Crippen LogP contribution in [-0.4, -0.2) is 36.1 Å². The van der Waals surface area contributed by atoms with E-state index in [2.05, 4.69) is 39.6 Å². The summed E-state index contributed by atoms with van der Waals surface area (Å²) in [4.78, 5) is 2.28. The molecule has 0 fully saturated rings. The Labute approximate surface area is 82.5 Å². The highest BCUT2D eigenvalue weighted by Crippen LogP contribution is 2.24. The van der Waals surface area contributed by atoms with Crippen molar-refractivity contribution in [2.45, 2.75) is 45.2 Å². The first-order valence-corrected chi connectivity index (χ1v) is 4.93. The molecule has 0 saturated heterocycles. The van der Waals surface area contributed by atoms with Crippen LogP contribution in [0.3, 0.4) is 0 Å². The lowest BCUT2D eigenvalue weighted by atomic mass is 9.82. The van der Waals surface area contributed by atoms with Gasteiger partial charge in [0.1, 0.15) is 0 Å². The van der Waals surface area contributed by atoms with E-state index in [-0.39, 0.29) is 11.1 Å². The van der Waals surface area contributed by atoms with Crippen LogP contribution in [0.25, 0.3) is 0 Å². The highest BCUT2D eigenvalue weighted by Gasteiger charge is 2.36. The van der Waals surface area contributed by atoms with Crippen molar-refractivity contribution in [3.05, 3.63) is 0 Å². The summed E-state index contributed by atoms with van der Waals surface area (Å²) in [5, 5.41) is 0. The molecule has 0 radical (unpaired) electrons. The fourth-order valence-corrected chi connectivity index (χ4v) is 1.10. The maximum atomic E-state index is 6.11. The van der Waals surface area contributed by atoms with E-state index in [9.17, 15) is 0 Å². The normalized spacial score (nSPS) is 13.8. The van der Waals surface area contributed by atoms with Gasteiger partial charge < -0.3 is 11.5 Å². The van der Waals surface area contributed by atoms with E-state index in [1.807, 2.05) is 0 Å². The zero-order valence-electron chi connectivity index (χ0n) is 9.72. The number of likely N-dealkylation sites (N-methyl/N-ethyl adjacent to an activating group) is 1. The van der Waals surface area contributed by atoms with E-state index < -0.39 is 0 Å². The molecule has 3 nitrogen and oxygen atoms in total. The van der Waals surface area contributed by atoms with Crippen molar-refractivity contribution < 1.29 is 0 Å². The first-order valence-electron chi connectivity index (χ1n) is 4.93. The van der Waals surface area contributed by atoms with Crippen molar-refractivity contribution in [3.8, 4) is 0 Å². The molecule has 4 N–H and O–H groups in total. The Balaban J connectivity index is 4.27. The zero-order chi connectivity index (χ0) is 10.7. The Kier molecular flexibility index (Phi) is 4.36. The molecular formula is C10H25N3. The van der Waals surface area contributed by atoms with E-state index in [0.717, 1.165) is 19.5 Å². The largest absolute Gasteiger partial charge is 0.330 e. The van der Waals surface area contributed by atoms with Crippen LogP contribution >= 0.6 is 0 Å². The average molecular weight is 187 g/mol. The smallest absolute Gasteiger partial charge is 0.0324 e. The predicted octanol–water partition coefficient (Wildman–Crippen LogP) is 0.783. The molecule has 0 atom stereocenters. The van der Waals surface area contributed by atoms with Crippen LogP contribution in [0.4, 0.5) is 0 Å². The maximum absolute atomic E-state index is 6.11. The quantitative estimate of drug-likeness (QED) is 0.669. The first-order chi connectivity index (χ1) is 5.73. The number of nitrogens with two attached hydrogens (primary N) is 2. The molecule has 0 amide bonds. The molecule has 3 heteroatoms. The molecular weight excluding hydrogens is 162 g/mol. The van der Waals surface area contributed by atoms with Crippen molar-refractivity contribution in [2.75, 3.05) is 20.1 Å². The summed E-state index contributed by atoms with van der Waals surface area (Å²) in [6.07, 6.45) is 1.02. The number of rotatable bonds is 5. The van der Waals surface area contributed by atoms with Gasteiger partial charge in [0.2, 0.25) is 0 Å². The lowest BCUT2D eigenvalue weighted by Gasteiger charge is -2.45. The minimum absolute atomic E-state index is 0.00215. The monoisotopic (exact) mass is 187 g/mol. The van der Waals surface area contributed by atoms with Crippen LogP contribution in [-0.2, 0) is 0 Å². The molecule has 0 aliphatic rings. The first kappa shape index (κ1) is 12.9. The van der Waals surface area contributed by atoms with Crippen LogP contribution in [0.15, 0.2) is 0 Å². The van der Waals surface area contributed by atoms with E-state index in [1.54, 1.807) is 0 Å². The molecule has 0 aliphatic carbocycles. The van der Waals surface area contributed by atoms with Gasteiger partial charge in [-0.1, -0.05) is 0 Å². The lowest BCUT2D eigenvalue weighted by molar-refractivity contribution is 0.0842. The van der Waals surface area contributed by atoms with Crippen LogP contribution < -0.4 is 11.5 Å². The van der Waals surface area contributed by atoms with Crippen LogP contribution in [0, 0.1) is 0 Å². The highest BCUT2D eigenvalue weighted by atomic mass is 15.2. The van der Waals surface area contributed by atoms with Gasteiger partial charge in [-0.2, -0.15) is 0 Å². The van der Waals surface area contributed by atoms with E-state index in [1.165, 1.54) is 0 Å². The maximum Gasteiger partial charge on any atom is 0.0324 e.